The van der Waals surface area contributed by atoms with Crippen LogP contribution in [0.1, 0.15) is 26.7 Å². The highest BCUT2D eigenvalue weighted by Gasteiger charge is 2.41. The highest BCUT2D eigenvalue weighted by molar-refractivity contribution is 5.93. The molecule has 0 bridgehead atoms. The third-order valence-corrected chi connectivity index (χ3v) is 5.45. The first-order chi connectivity index (χ1) is 13.9. The van der Waals surface area contributed by atoms with Gasteiger partial charge in [-0.25, -0.2) is 0 Å². The molecule has 1 atom stereocenters. The van der Waals surface area contributed by atoms with Crippen LogP contribution in [0, 0.1) is 5.41 Å². The molecule has 0 saturated carbocycles. The Labute approximate surface area is 171 Å². The zero-order chi connectivity index (χ0) is 20.9. The smallest absolute Gasteiger partial charge is 0.238 e. The summed E-state index contributed by atoms with van der Waals surface area (Å²) in [7, 11) is 0. The van der Waals surface area contributed by atoms with Crippen molar-refractivity contribution in [3.63, 3.8) is 0 Å². The standard InChI is InChI=1S/C21H30N4O4/c1-16(26)22-17-4-6-18(7-5-17)23-19(27)14-24-9-3-8-21(2,15-24)20(28)25-10-12-29-13-11-25/h4-7H,3,8-15H2,1-2H3,(H,22,26)(H,23,27)/t21-/m0/s1. The number of ether oxygens (including phenoxy) is 1. The zero-order valence-electron chi connectivity index (χ0n) is 17.2. The summed E-state index contributed by atoms with van der Waals surface area (Å²) in [6.07, 6.45) is 1.73. The molecule has 3 rings (SSSR count). The lowest BCUT2D eigenvalue weighted by molar-refractivity contribution is -0.149. The fourth-order valence-corrected chi connectivity index (χ4v) is 4.05. The van der Waals surface area contributed by atoms with Gasteiger partial charge >= 0.3 is 0 Å². The molecule has 0 spiro atoms. The third-order valence-electron chi connectivity index (χ3n) is 5.45. The average molecular weight is 402 g/mol. The van der Waals surface area contributed by atoms with Crippen LogP contribution in [0.3, 0.4) is 0 Å². The Bertz CT molecular complexity index is 746. The molecule has 2 aliphatic rings. The summed E-state index contributed by atoms with van der Waals surface area (Å²) in [6.45, 7) is 7.57. The third kappa shape index (κ3) is 5.77. The van der Waals surface area contributed by atoms with E-state index in [0.717, 1.165) is 19.4 Å². The van der Waals surface area contributed by atoms with Gasteiger partial charge < -0.3 is 20.3 Å². The van der Waals surface area contributed by atoms with Crippen LogP contribution < -0.4 is 10.6 Å². The first-order valence-electron chi connectivity index (χ1n) is 10.1. The van der Waals surface area contributed by atoms with E-state index in [0.29, 0.717) is 44.2 Å². The molecule has 0 aromatic heterocycles. The molecule has 158 valence electrons. The van der Waals surface area contributed by atoms with Crippen molar-refractivity contribution < 1.29 is 19.1 Å². The molecule has 0 aliphatic carbocycles. The van der Waals surface area contributed by atoms with Crippen LogP contribution in [0.15, 0.2) is 24.3 Å². The number of morpholine rings is 1. The Hall–Kier alpha value is -2.45. The zero-order valence-corrected chi connectivity index (χ0v) is 17.2. The topological polar surface area (TPSA) is 91.0 Å². The van der Waals surface area contributed by atoms with Gasteiger partial charge in [0.2, 0.25) is 17.7 Å². The number of hydrogen-bond donors (Lipinski definition) is 2. The van der Waals surface area contributed by atoms with Crippen molar-refractivity contribution in [2.75, 3.05) is 56.6 Å². The number of amides is 3. The number of rotatable bonds is 5. The summed E-state index contributed by atoms with van der Waals surface area (Å²) >= 11 is 0. The van der Waals surface area contributed by atoms with Gasteiger partial charge in [-0.2, -0.15) is 0 Å². The van der Waals surface area contributed by atoms with Gasteiger partial charge in [-0.3, -0.25) is 19.3 Å². The molecule has 2 aliphatic heterocycles. The maximum absolute atomic E-state index is 13.0. The first kappa shape index (κ1) is 21.3. The fraction of sp³-hybridized carbons (Fsp3) is 0.571. The van der Waals surface area contributed by atoms with Crippen LogP contribution in [-0.4, -0.2) is 73.5 Å². The number of likely N-dealkylation sites (tertiary alicyclic amines) is 1. The largest absolute Gasteiger partial charge is 0.378 e. The van der Waals surface area contributed by atoms with E-state index < -0.39 is 5.41 Å². The molecule has 29 heavy (non-hydrogen) atoms. The van der Waals surface area contributed by atoms with Crippen LogP contribution >= 0.6 is 0 Å². The van der Waals surface area contributed by atoms with Crippen LogP contribution in [0.2, 0.25) is 0 Å². The van der Waals surface area contributed by atoms with Crippen molar-refractivity contribution in [2.24, 2.45) is 5.41 Å². The highest BCUT2D eigenvalue weighted by atomic mass is 16.5. The number of carbonyl (C=O) groups excluding carboxylic acids is 3. The normalized spacial score (nSPS) is 22.8. The lowest BCUT2D eigenvalue weighted by Crippen LogP contribution is -2.54. The molecule has 2 N–H and O–H groups in total. The number of piperidine rings is 1. The number of hydrogen-bond acceptors (Lipinski definition) is 5. The molecule has 0 radical (unpaired) electrons. The van der Waals surface area contributed by atoms with Gasteiger partial charge in [0.15, 0.2) is 0 Å². The Morgan fingerprint density at radius 1 is 1.03 bits per heavy atom. The predicted molar refractivity (Wildman–Crippen MR) is 111 cm³/mol. The minimum atomic E-state index is -0.462. The molecule has 2 saturated heterocycles. The quantitative estimate of drug-likeness (QED) is 0.780. The van der Waals surface area contributed by atoms with E-state index in [4.69, 9.17) is 4.74 Å². The van der Waals surface area contributed by atoms with Crippen molar-refractivity contribution >= 4 is 29.1 Å². The molecule has 0 unspecified atom stereocenters. The molecule has 8 heteroatoms. The van der Waals surface area contributed by atoms with E-state index in [1.807, 2.05) is 11.8 Å². The second-order valence-electron chi connectivity index (χ2n) is 8.09. The minimum absolute atomic E-state index is 0.111. The summed E-state index contributed by atoms with van der Waals surface area (Å²) in [5, 5.41) is 5.58. The minimum Gasteiger partial charge on any atom is -0.378 e. The van der Waals surface area contributed by atoms with Gasteiger partial charge in [0.05, 0.1) is 25.2 Å². The molecule has 2 fully saturated rings. The molecule has 3 amide bonds. The Kier molecular flexibility index (Phi) is 6.87. The maximum Gasteiger partial charge on any atom is 0.238 e. The van der Waals surface area contributed by atoms with E-state index in [-0.39, 0.29) is 24.3 Å². The molecule has 1 aromatic carbocycles. The van der Waals surface area contributed by atoms with E-state index >= 15 is 0 Å². The van der Waals surface area contributed by atoms with Crippen LogP contribution in [0.5, 0.6) is 0 Å². The number of benzene rings is 1. The summed E-state index contributed by atoms with van der Waals surface area (Å²) < 4.78 is 5.35. The van der Waals surface area contributed by atoms with Crippen molar-refractivity contribution in [1.82, 2.24) is 9.80 Å². The van der Waals surface area contributed by atoms with Crippen molar-refractivity contribution in [2.45, 2.75) is 26.7 Å². The summed E-state index contributed by atoms with van der Waals surface area (Å²) in [5.41, 5.74) is 0.896. The van der Waals surface area contributed by atoms with Gasteiger partial charge in [-0.15, -0.1) is 0 Å². The van der Waals surface area contributed by atoms with Gasteiger partial charge in [-0.1, -0.05) is 0 Å². The van der Waals surface area contributed by atoms with Crippen molar-refractivity contribution in [1.29, 1.82) is 0 Å². The van der Waals surface area contributed by atoms with Gasteiger partial charge in [-0.05, 0) is 50.6 Å². The molecular formula is C21H30N4O4. The van der Waals surface area contributed by atoms with Gasteiger partial charge in [0.25, 0.3) is 0 Å². The lowest BCUT2D eigenvalue weighted by Gasteiger charge is -2.42. The SMILES string of the molecule is CC(=O)Nc1ccc(NC(=O)CN2CCC[C@](C)(C(=O)N3CCOCC3)C2)cc1. The molecule has 8 nitrogen and oxygen atoms in total. The highest BCUT2D eigenvalue weighted by Crippen LogP contribution is 2.32. The van der Waals surface area contributed by atoms with Gasteiger partial charge in [0.1, 0.15) is 0 Å². The number of anilines is 2. The van der Waals surface area contributed by atoms with E-state index in [9.17, 15) is 14.4 Å². The molecule has 2 heterocycles. The summed E-state index contributed by atoms with van der Waals surface area (Å²) in [4.78, 5) is 40.5. The first-order valence-corrected chi connectivity index (χ1v) is 10.1. The Morgan fingerprint density at radius 3 is 2.28 bits per heavy atom. The lowest BCUT2D eigenvalue weighted by atomic mass is 9.80. The number of carbonyl (C=O) groups is 3. The van der Waals surface area contributed by atoms with Crippen LogP contribution in [-0.2, 0) is 19.1 Å². The van der Waals surface area contributed by atoms with Crippen molar-refractivity contribution in [3.8, 4) is 0 Å². The number of nitrogens with one attached hydrogen (secondary N) is 2. The van der Waals surface area contributed by atoms with Crippen LogP contribution in [0.25, 0.3) is 0 Å². The number of nitrogens with zero attached hydrogens (tertiary/aromatic N) is 2. The van der Waals surface area contributed by atoms with E-state index in [1.54, 1.807) is 24.3 Å². The second kappa shape index (κ2) is 9.37. The second-order valence-corrected chi connectivity index (χ2v) is 8.09. The monoisotopic (exact) mass is 402 g/mol. The Morgan fingerprint density at radius 2 is 1.66 bits per heavy atom. The Balaban J connectivity index is 1.53. The fourth-order valence-electron chi connectivity index (χ4n) is 4.05. The average Bonchev–Trinajstić information content (AvgIpc) is 2.69. The van der Waals surface area contributed by atoms with E-state index in [2.05, 4.69) is 15.5 Å². The maximum atomic E-state index is 13.0. The van der Waals surface area contributed by atoms with Gasteiger partial charge in [0, 0.05) is 37.9 Å². The van der Waals surface area contributed by atoms with E-state index in [1.165, 1.54) is 6.92 Å². The summed E-state index contributed by atoms with van der Waals surface area (Å²) in [5.74, 6) is -0.0821. The summed E-state index contributed by atoms with van der Waals surface area (Å²) in [6, 6.07) is 7.00. The van der Waals surface area contributed by atoms with Crippen LogP contribution in [0.4, 0.5) is 11.4 Å². The predicted octanol–water partition coefficient (Wildman–Crippen LogP) is 1.54. The molecular weight excluding hydrogens is 372 g/mol. The molecule has 1 aromatic rings. The van der Waals surface area contributed by atoms with Crippen molar-refractivity contribution in [3.05, 3.63) is 24.3 Å².